The van der Waals surface area contributed by atoms with Crippen molar-refractivity contribution in [1.82, 2.24) is 9.78 Å². The SMILES string of the molecule is C=CCn1ccc(C)n1. The van der Waals surface area contributed by atoms with E-state index in [4.69, 9.17) is 0 Å². The van der Waals surface area contributed by atoms with Crippen LogP contribution in [0.5, 0.6) is 0 Å². The van der Waals surface area contributed by atoms with Crippen molar-refractivity contribution in [1.29, 1.82) is 0 Å². The Morgan fingerprint density at radius 1 is 1.89 bits per heavy atom. The van der Waals surface area contributed by atoms with Crippen LogP contribution >= 0.6 is 0 Å². The van der Waals surface area contributed by atoms with Crippen molar-refractivity contribution in [2.24, 2.45) is 0 Å². The molecule has 0 aliphatic carbocycles. The van der Waals surface area contributed by atoms with Crippen LogP contribution in [0.2, 0.25) is 0 Å². The second kappa shape index (κ2) is 2.49. The summed E-state index contributed by atoms with van der Waals surface area (Å²) in [6, 6.07) is 1.98. The molecule has 0 fully saturated rings. The monoisotopic (exact) mass is 122 g/mol. The van der Waals surface area contributed by atoms with Gasteiger partial charge in [-0.25, -0.2) is 0 Å². The van der Waals surface area contributed by atoms with Gasteiger partial charge in [-0.2, -0.15) is 5.10 Å². The van der Waals surface area contributed by atoms with Gasteiger partial charge in [0.25, 0.3) is 0 Å². The van der Waals surface area contributed by atoms with E-state index in [0.717, 1.165) is 12.2 Å². The van der Waals surface area contributed by atoms with E-state index in [1.807, 2.05) is 29.9 Å². The smallest absolute Gasteiger partial charge is 0.0593 e. The van der Waals surface area contributed by atoms with Crippen LogP contribution in [-0.4, -0.2) is 9.78 Å². The van der Waals surface area contributed by atoms with Crippen molar-refractivity contribution >= 4 is 0 Å². The molecule has 1 rings (SSSR count). The van der Waals surface area contributed by atoms with Gasteiger partial charge in [-0.15, -0.1) is 6.58 Å². The van der Waals surface area contributed by atoms with E-state index in [1.165, 1.54) is 0 Å². The van der Waals surface area contributed by atoms with Crippen molar-refractivity contribution in [2.45, 2.75) is 13.5 Å². The van der Waals surface area contributed by atoms with Gasteiger partial charge in [0.1, 0.15) is 0 Å². The van der Waals surface area contributed by atoms with Crippen molar-refractivity contribution in [3.8, 4) is 0 Å². The van der Waals surface area contributed by atoms with E-state index >= 15 is 0 Å². The van der Waals surface area contributed by atoms with Crippen molar-refractivity contribution in [2.75, 3.05) is 0 Å². The van der Waals surface area contributed by atoms with Gasteiger partial charge in [0.15, 0.2) is 0 Å². The van der Waals surface area contributed by atoms with Crippen LogP contribution in [0.15, 0.2) is 24.9 Å². The normalized spacial score (nSPS) is 9.44. The Morgan fingerprint density at radius 3 is 3.11 bits per heavy atom. The molecule has 2 heteroatoms. The first-order chi connectivity index (χ1) is 4.33. The van der Waals surface area contributed by atoms with E-state index in [9.17, 15) is 0 Å². The number of aryl methyl sites for hydroxylation is 1. The fourth-order valence-corrected chi connectivity index (χ4v) is 0.697. The maximum atomic E-state index is 4.15. The van der Waals surface area contributed by atoms with Gasteiger partial charge in [0.2, 0.25) is 0 Å². The highest BCUT2D eigenvalue weighted by atomic mass is 15.3. The Bertz CT molecular complexity index is 200. The Hall–Kier alpha value is -1.05. The van der Waals surface area contributed by atoms with Crippen molar-refractivity contribution in [3.05, 3.63) is 30.6 Å². The molecule has 0 unspecified atom stereocenters. The molecular weight excluding hydrogens is 112 g/mol. The lowest BCUT2D eigenvalue weighted by atomic mass is 10.5. The highest BCUT2D eigenvalue weighted by molar-refractivity contribution is 4.95. The molecule has 0 saturated carbocycles. The molecule has 0 aromatic carbocycles. The van der Waals surface area contributed by atoms with Gasteiger partial charge >= 0.3 is 0 Å². The molecule has 0 bridgehead atoms. The highest BCUT2D eigenvalue weighted by Gasteiger charge is 1.87. The van der Waals surface area contributed by atoms with E-state index in [0.29, 0.717) is 0 Å². The maximum Gasteiger partial charge on any atom is 0.0593 e. The Morgan fingerprint density at radius 2 is 2.67 bits per heavy atom. The second-order valence-electron chi connectivity index (χ2n) is 1.97. The fourth-order valence-electron chi connectivity index (χ4n) is 0.697. The molecular formula is C7H10N2. The minimum atomic E-state index is 0.799. The zero-order valence-electron chi connectivity index (χ0n) is 5.54. The van der Waals surface area contributed by atoms with Crippen LogP contribution in [0.1, 0.15) is 5.69 Å². The molecule has 1 heterocycles. The molecule has 0 atom stereocenters. The standard InChI is InChI=1S/C7H10N2/c1-3-5-9-6-4-7(2)8-9/h3-4,6H,1,5H2,2H3. The summed E-state index contributed by atoms with van der Waals surface area (Å²) in [7, 11) is 0. The van der Waals surface area contributed by atoms with E-state index in [1.54, 1.807) is 0 Å². The van der Waals surface area contributed by atoms with E-state index < -0.39 is 0 Å². The number of aromatic nitrogens is 2. The number of nitrogens with zero attached hydrogens (tertiary/aromatic N) is 2. The summed E-state index contributed by atoms with van der Waals surface area (Å²) in [5.74, 6) is 0. The number of allylic oxidation sites excluding steroid dienone is 1. The molecule has 1 aromatic heterocycles. The van der Waals surface area contributed by atoms with Crippen LogP contribution in [0.25, 0.3) is 0 Å². The Balaban J connectivity index is 2.72. The van der Waals surface area contributed by atoms with E-state index in [-0.39, 0.29) is 0 Å². The predicted octanol–water partition coefficient (Wildman–Crippen LogP) is 1.38. The minimum absolute atomic E-state index is 0.799. The first-order valence-electron chi connectivity index (χ1n) is 2.94. The first kappa shape index (κ1) is 6.08. The Labute approximate surface area is 54.8 Å². The number of rotatable bonds is 2. The van der Waals surface area contributed by atoms with Gasteiger partial charge in [0.05, 0.1) is 12.2 Å². The highest BCUT2D eigenvalue weighted by Crippen LogP contribution is 1.91. The van der Waals surface area contributed by atoms with Crippen LogP contribution < -0.4 is 0 Å². The quantitative estimate of drug-likeness (QED) is 0.542. The zero-order chi connectivity index (χ0) is 6.69. The Kier molecular flexibility index (Phi) is 1.68. The molecule has 0 N–H and O–H groups in total. The largest absolute Gasteiger partial charge is 0.269 e. The minimum Gasteiger partial charge on any atom is -0.269 e. The molecule has 0 saturated heterocycles. The molecule has 0 spiro atoms. The van der Waals surface area contributed by atoms with E-state index in [2.05, 4.69) is 11.7 Å². The summed E-state index contributed by atoms with van der Waals surface area (Å²) in [5, 5.41) is 4.15. The average Bonchev–Trinajstić information content (AvgIpc) is 2.17. The summed E-state index contributed by atoms with van der Waals surface area (Å²) in [6.45, 7) is 6.38. The average molecular weight is 122 g/mol. The zero-order valence-corrected chi connectivity index (χ0v) is 5.54. The summed E-state index contributed by atoms with van der Waals surface area (Å²) < 4.78 is 1.85. The summed E-state index contributed by atoms with van der Waals surface area (Å²) in [4.78, 5) is 0. The van der Waals surface area contributed by atoms with Crippen LogP contribution in [0, 0.1) is 6.92 Å². The lowest BCUT2D eigenvalue weighted by Crippen LogP contribution is -1.94. The van der Waals surface area contributed by atoms with Gasteiger partial charge in [-0.05, 0) is 13.0 Å². The van der Waals surface area contributed by atoms with Crippen molar-refractivity contribution in [3.63, 3.8) is 0 Å². The number of hydrogen-bond acceptors (Lipinski definition) is 1. The predicted molar refractivity (Wildman–Crippen MR) is 37.2 cm³/mol. The molecule has 2 nitrogen and oxygen atoms in total. The lowest BCUT2D eigenvalue weighted by Gasteiger charge is -1.90. The third-order valence-corrected chi connectivity index (χ3v) is 1.09. The second-order valence-corrected chi connectivity index (χ2v) is 1.97. The topological polar surface area (TPSA) is 17.8 Å². The van der Waals surface area contributed by atoms with Crippen molar-refractivity contribution < 1.29 is 0 Å². The molecule has 48 valence electrons. The van der Waals surface area contributed by atoms with Gasteiger partial charge in [-0.1, -0.05) is 6.08 Å². The summed E-state index contributed by atoms with van der Waals surface area (Å²) >= 11 is 0. The first-order valence-corrected chi connectivity index (χ1v) is 2.94. The van der Waals surface area contributed by atoms with Gasteiger partial charge in [-0.3, -0.25) is 4.68 Å². The van der Waals surface area contributed by atoms with Gasteiger partial charge in [0, 0.05) is 6.20 Å². The number of hydrogen-bond donors (Lipinski definition) is 0. The van der Waals surface area contributed by atoms with Gasteiger partial charge < -0.3 is 0 Å². The molecule has 0 amide bonds. The molecule has 0 aliphatic heterocycles. The fraction of sp³-hybridized carbons (Fsp3) is 0.286. The molecule has 1 aromatic rings. The van der Waals surface area contributed by atoms with Crippen LogP contribution in [0.3, 0.4) is 0 Å². The third-order valence-electron chi connectivity index (χ3n) is 1.09. The third kappa shape index (κ3) is 1.42. The molecule has 0 aliphatic rings. The molecule has 9 heavy (non-hydrogen) atoms. The van der Waals surface area contributed by atoms with Crippen LogP contribution in [-0.2, 0) is 6.54 Å². The summed E-state index contributed by atoms with van der Waals surface area (Å²) in [5.41, 5.74) is 1.05. The van der Waals surface area contributed by atoms with Crippen LogP contribution in [0.4, 0.5) is 0 Å². The summed E-state index contributed by atoms with van der Waals surface area (Å²) in [6.07, 6.45) is 3.77. The molecule has 0 radical (unpaired) electrons. The lowest BCUT2D eigenvalue weighted by molar-refractivity contribution is 0.695. The maximum absolute atomic E-state index is 4.15.